The molecular weight excluding hydrogens is 230 g/mol. The predicted molar refractivity (Wildman–Crippen MR) is 66.6 cm³/mol. The summed E-state index contributed by atoms with van der Waals surface area (Å²) in [6.45, 7) is 2.54. The normalized spacial score (nSPS) is 10.3. The Bertz CT molecular complexity index is 531. The van der Waals surface area contributed by atoms with Crippen LogP contribution in [-0.4, -0.2) is 27.2 Å². The van der Waals surface area contributed by atoms with E-state index in [0.29, 0.717) is 18.0 Å². The van der Waals surface area contributed by atoms with Gasteiger partial charge < -0.3 is 4.74 Å². The smallest absolute Gasteiger partial charge is 0.170 e. The lowest BCUT2D eigenvalue weighted by molar-refractivity contribution is 0.0989. The summed E-state index contributed by atoms with van der Waals surface area (Å²) in [5.74, 6) is 1.45. The van der Waals surface area contributed by atoms with Gasteiger partial charge in [-0.15, -0.1) is 0 Å². The molecule has 0 atom stereocenters. The van der Waals surface area contributed by atoms with E-state index in [1.165, 1.54) is 6.33 Å². The fourth-order valence-corrected chi connectivity index (χ4v) is 1.63. The molecule has 0 saturated heterocycles. The lowest BCUT2D eigenvalue weighted by atomic mass is 10.1. The topological polar surface area (TPSA) is 57.0 Å². The summed E-state index contributed by atoms with van der Waals surface area (Å²) in [6, 6.07) is 7.13. The highest BCUT2D eigenvalue weighted by Crippen LogP contribution is 2.13. The second-order valence-electron chi connectivity index (χ2n) is 3.86. The first kappa shape index (κ1) is 12.3. The minimum absolute atomic E-state index is 0.0224. The third-order valence-corrected chi connectivity index (χ3v) is 2.61. The number of hydrogen-bond donors (Lipinski definition) is 0. The Morgan fingerprint density at radius 3 is 2.61 bits per heavy atom. The van der Waals surface area contributed by atoms with Crippen LogP contribution in [0.25, 0.3) is 0 Å². The van der Waals surface area contributed by atoms with Gasteiger partial charge in [-0.2, -0.15) is 5.10 Å². The van der Waals surface area contributed by atoms with Gasteiger partial charge in [0.25, 0.3) is 0 Å². The van der Waals surface area contributed by atoms with Crippen molar-refractivity contribution >= 4 is 5.78 Å². The summed E-state index contributed by atoms with van der Waals surface area (Å²) in [6.07, 6.45) is 1.70. The second kappa shape index (κ2) is 5.44. The van der Waals surface area contributed by atoms with Gasteiger partial charge in [0.15, 0.2) is 5.78 Å². The molecule has 0 radical (unpaired) electrons. The van der Waals surface area contributed by atoms with Crippen molar-refractivity contribution in [2.24, 2.45) is 7.05 Å². The molecule has 2 aromatic rings. The summed E-state index contributed by atoms with van der Waals surface area (Å²) >= 11 is 0. The van der Waals surface area contributed by atoms with Crippen molar-refractivity contribution in [1.82, 2.24) is 14.8 Å². The van der Waals surface area contributed by atoms with Crippen molar-refractivity contribution in [2.75, 3.05) is 6.61 Å². The zero-order chi connectivity index (χ0) is 13.0. The molecule has 0 aliphatic rings. The van der Waals surface area contributed by atoms with Gasteiger partial charge in [0.2, 0.25) is 0 Å². The summed E-state index contributed by atoms with van der Waals surface area (Å²) in [4.78, 5) is 16.0. The molecule has 0 aliphatic carbocycles. The Morgan fingerprint density at radius 1 is 1.33 bits per heavy atom. The molecule has 0 saturated carbocycles. The molecule has 5 heteroatoms. The molecule has 0 aliphatic heterocycles. The Kier molecular flexibility index (Phi) is 3.72. The molecule has 94 valence electrons. The molecule has 2 rings (SSSR count). The number of ketones is 1. The lowest BCUT2D eigenvalue weighted by Gasteiger charge is -2.04. The average molecular weight is 245 g/mol. The first-order chi connectivity index (χ1) is 8.70. The fraction of sp³-hybridized carbons (Fsp3) is 0.308. The third-order valence-electron chi connectivity index (χ3n) is 2.61. The monoisotopic (exact) mass is 245 g/mol. The van der Waals surface area contributed by atoms with E-state index in [0.717, 1.165) is 5.75 Å². The van der Waals surface area contributed by atoms with Gasteiger partial charge in [-0.25, -0.2) is 4.98 Å². The van der Waals surface area contributed by atoms with E-state index in [1.54, 1.807) is 36.0 Å². The first-order valence-electron chi connectivity index (χ1n) is 5.79. The number of ether oxygens (including phenoxy) is 1. The third kappa shape index (κ3) is 2.74. The van der Waals surface area contributed by atoms with Crippen LogP contribution in [0.4, 0.5) is 0 Å². The van der Waals surface area contributed by atoms with Crippen LogP contribution < -0.4 is 4.74 Å². The Balaban J connectivity index is 2.07. The number of Topliss-reactive ketones (excluding diaryl/α,β-unsaturated/α-hetero) is 1. The van der Waals surface area contributed by atoms with Crippen LogP contribution in [-0.2, 0) is 13.5 Å². The number of benzene rings is 1. The fourth-order valence-electron chi connectivity index (χ4n) is 1.63. The molecular formula is C13H15N3O2. The van der Waals surface area contributed by atoms with Crippen molar-refractivity contribution < 1.29 is 9.53 Å². The Morgan fingerprint density at radius 2 is 2.06 bits per heavy atom. The van der Waals surface area contributed by atoms with E-state index >= 15 is 0 Å². The maximum absolute atomic E-state index is 12.0. The molecule has 0 fully saturated rings. The van der Waals surface area contributed by atoms with Gasteiger partial charge in [0.1, 0.15) is 17.9 Å². The molecule has 1 aromatic heterocycles. The lowest BCUT2D eigenvalue weighted by Crippen LogP contribution is -2.09. The van der Waals surface area contributed by atoms with Crippen LogP contribution in [0.2, 0.25) is 0 Å². The van der Waals surface area contributed by atoms with Gasteiger partial charge in [-0.3, -0.25) is 9.48 Å². The van der Waals surface area contributed by atoms with Gasteiger partial charge in [0.05, 0.1) is 13.0 Å². The zero-order valence-electron chi connectivity index (χ0n) is 10.5. The molecule has 0 amide bonds. The van der Waals surface area contributed by atoms with E-state index in [9.17, 15) is 4.79 Å². The van der Waals surface area contributed by atoms with Gasteiger partial charge in [-0.1, -0.05) is 0 Å². The highest BCUT2D eigenvalue weighted by molar-refractivity contribution is 5.97. The minimum Gasteiger partial charge on any atom is -0.494 e. The predicted octanol–water partition coefficient (Wildman–Crippen LogP) is 1.64. The van der Waals surface area contributed by atoms with E-state index in [2.05, 4.69) is 10.1 Å². The number of aryl methyl sites for hydroxylation is 1. The summed E-state index contributed by atoms with van der Waals surface area (Å²) < 4.78 is 6.93. The van der Waals surface area contributed by atoms with E-state index in [4.69, 9.17) is 4.74 Å². The quantitative estimate of drug-likeness (QED) is 0.751. The Labute approximate surface area is 105 Å². The molecule has 1 heterocycles. The van der Waals surface area contributed by atoms with Crippen LogP contribution in [0, 0.1) is 0 Å². The number of nitrogens with zero attached hydrogens (tertiary/aromatic N) is 3. The molecule has 0 spiro atoms. The summed E-state index contributed by atoms with van der Waals surface area (Å²) in [5.41, 5.74) is 0.654. The molecule has 0 unspecified atom stereocenters. The van der Waals surface area contributed by atoms with Crippen LogP contribution >= 0.6 is 0 Å². The molecule has 0 bridgehead atoms. The first-order valence-corrected chi connectivity index (χ1v) is 5.79. The maximum atomic E-state index is 12.0. The van der Waals surface area contributed by atoms with Gasteiger partial charge in [-0.05, 0) is 31.2 Å². The number of carbonyl (C=O) groups is 1. The summed E-state index contributed by atoms with van der Waals surface area (Å²) in [7, 11) is 1.77. The van der Waals surface area contributed by atoms with E-state index in [-0.39, 0.29) is 12.2 Å². The SMILES string of the molecule is CCOc1ccc(C(=O)Cc2ncnn2C)cc1. The van der Waals surface area contributed by atoms with Crippen molar-refractivity contribution in [1.29, 1.82) is 0 Å². The molecule has 18 heavy (non-hydrogen) atoms. The molecule has 0 N–H and O–H groups in total. The van der Waals surface area contributed by atoms with Crippen molar-refractivity contribution in [3.05, 3.63) is 42.0 Å². The highest BCUT2D eigenvalue weighted by Gasteiger charge is 2.10. The number of rotatable bonds is 5. The minimum atomic E-state index is 0.0224. The van der Waals surface area contributed by atoms with Crippen LogP contribution in [0.15, 0.2) is 30.6 Å². The van der Waals surface area contributed by atoms with Crippen molar-refractivity contribution in [2.45, 2.75) is 13.3 Å². The van der Waals surface area contributed by atoms with Gasteiger partial charge in [0, 0.05) is 12.6 Å². The largest absolute Gasteiger partial charge is 0.494 e. The standard InChI is InChI=1S/C13H15N3O2/c1-3-18-11-6-4-10(5-7-11)12(17)8-13-14-9-15-16(13)2/h4-7,9H,3,8H2,1-2H3. The number of aromatic nitrogens is 3. The summed E-state index contributed by atoms with van der Waals surface area (Å²) in [5, 5.41) is 3.94. The average Bonchev–Trinajstić information content (AvgIpc) is 2.76. The zero-order valence-corrected chi connectivity index (χ0v) is 10.5. The van der Waals surface area contributed by atoms with E-state index in [1.807, 2.05) is 6.92 Å². The second-order valence-corrected chi connectivity index (χ2v) is 3.86. The Hall–Kier alpha value is -2.17. The molecule has 1 aromatic carbocycles. The van der Waals surface area contributed by atoms with Crippen molar-refractivity contribution in [3.8, 4) is 5.75 Å². The van der Waals surface area contributed by atoms with Crippen LogP contribution in [0.5, 0.6) is 5.75 Å². The van der Waals surface area contributed by atoms with E-state index < -0.39 is 0 Å². The number of hydrogen-bond acceptors (Lipinski definition) is 4. The highest BCUT2D eigenvalue weighted by atomic mass is 16.5. The molecule has 5 nitrogen and oxygen atoms in total. The van der Waals surface area contributed by atoms with Gasteiger partial charge >= 0.3 is 0 Å². The van der Waals surface area contributed by atoms with Crippen LogP contribution in [0.3, 0.4) is 0 Å². The van der Waals surface area contributed by atoms with Crippen molar-refractivity contribution in [3.63, 3.8) is 0 Å². The van der Waals surface area contributed by atoms with Crippen LogP contribution in [0.1, 0.15) is 23.1 Å². The maximum Gasteiger partial charge on any atom is 0.170 e. The number of carbonyl (C=O) groups excluding carboxylic acids is 1.